The summed E-state index contributed by atoms with van der Waals surface area (Å²) in [7, 11) is 4.61. The maximum Gasteiger partial charge on any atom is 0.250 e. The van der Waals surface area contributed by atoms with Crippen molar-refractivity contribution < 1.29 is 28.8 Å². The van der Waals surface area contributed by atoms with Crippen molar-refractivity contribution in [1.82, 2.24) is 9.47 Å². The van der Waals surface area contributed by atoms with E-state index in [2.05, 4.69) is 4.90 Å². The minimum Gasteiger partial charge on any atom is -0.507 e. The lowest BCUT2D eigenvalue weighted by molar-refractivity contribution is 0.101. The van der Waals surface area contributed by atoms with E-state index in [0.717, 1.165) is 25.2 Å². The van der Waals surface area contributed by atoms with Gasteiger partial charge in [0.2, 0.25) is 5.78 Å². The van der Waals surface area contributed by atoms with Crippen LogP contribution in [0.15, 0.2) is 53.0 Å². The number of aromatic nitrogens is 1. The zero-order valence-corrected chi connectivity index (χ0v) is 22.1. The number of carbonyl (C=O) groups excluding carboxylic acids is 1. The lowest BCUT2D eigenvalue weighted by Gasteiger charge is -2.42. The van der Waals surface area contributed by atoms with Crippen LogP contribution in [0.1, 0.15) is 39.5 Å². The van der Waals surface area contributed by atoms with Crippen molar-refractivity contribution in [2.45, 2.75) is 25.4 Å². The molecule has 0 unspecified atom stereocenters. The van der Waals surface area contributed by atoms with E-state index in [9.17, 15) is 14.7 Å². The number of nitrogens with zero attached hydrogens (tertiary/aromatic N) is 2. The molecule has 202 valence electrons. The van der Waals surface area contributed by atoms with Gasteiger partial charge in [-0.3, -0.25) is 14.5 Å². The SMILES string of the molecule is COc1cc(OC)c(OC)cc1/C=C1\Oc2c(ccc(O)c2CN2C[C@H]3C[C@@H](C2)c2cccc(=O)n2C3)C1=O. The summed E-state index contributed by atoms with van der Waals surface area (Å²) >= 11 is 0. The average Bonchev–Trinajstić information content (AvgIpc) is 3.25. The summed E-state index contributed by atoms with van der Waals surface area (Å²) < 4.78 is 24.3. The molecule has 0 radical (unpaired) electrons. The molecule has 0 spiro atoms. The fourth-order valence-corrected chi connectivity index (χ4v) is 6.10. The molecule has 0 aliphatic carbocycles. The number of piperidine rings is 1. The Kier molecular flexibility index (Phi) is 6.31. The standard InChI is InChI=1S/C30H30N2O7/c1-36-24-12-26(38-3)25(37-2)10-18(24)11-27-29(35)20-7-8-23(33)21(30(20)39-27)16-31-13-17-9-19(15-31)22-5-4-6-28(34)32(22)14-17/h4-8,10-12,17,19,33H,9,13-16H2,1-3H3/b27-11-/t17-,19+/m1/s1. The first-order valence-corrected chi connectivity index (χ1v) is 12.9. The number of likely N-dealkylation sites (tertiary alicyclic amines) is 1. The van der Waals surface area contributed by atoms with Crippen molar-refractivity contribution in [2.75, 3.05) is 34.4 Å². The number of benzene rings is 2. The molecule has 0 saturated carbocycles. The number of fused-ring (bicyclic) bond motifs is 5. The number of phenols is 1. The number of ether oxygens (including phenoxy) is 4. The molecule has 1 N–H and O–H groups in total. The number of allylic oxidation sites excluding steroid dienone is 1. The Bertz CT molecular complexity index is 1560. The van der Waals surface area contributed by atoms with Gasteiger partial charge in [-0.15, -0.1) is 0 Å². The van der Waals surface area contributed by atoms with Crippen molar-refractivity contribution in [3.8, 4) is 28.7 Å². The number of pyridine rings is 1. The van der Waals surface area contributed by atoms with E-state index < -0.39 is 0 Å². The van der Waals surface area contributed by atoms with Crippen LogP contribution in [-0.2, 0) is 13.1 Å². The molecule has 1 aromatic heterocycles. The second-order valence-corrected chi connectivity index (χ2v) is 10.2. The van der Waals surface area contributed by atoms with Gasteiger partial charge in [0.1, 0.15) is 17.2 Å². The molecule has 1 saturated heterocycles. The molecule has 39 heavy (non-hydrogen) atoms. The van der Waals surface area contributed by atoms with Crippen molar-refractivity contribution in [3.05, 3.63) is 81.0 Å². The topological polar surface area (TPSA) is 99.5 Å². The Hall–Kier alpha value is -4.24. The first kappa shape index (κ1) is 25.1. The Balaban J connectivity index is 1.30. The minimum absolute atomic E-state index is 0.0477. The van der Waals surface area contributed by atoms with E-state index in [1.54, 1.807) is 36.4 Å². The zero-order valence-electron chi connectivity index (χ0n) is 22.1. The highest BCUT2D eigenvalue weighted by atomic mass is 16.5. The molecule has 3 aliphatic rings. The fraction of sp³-hybridized carbons (Fsp3) is 0.333. The van der Waals surface area contributed by atoms with Crippen molar-refractivity contribution >= 4 is 11.9 Å². The summed E-state index contributed by atoms with van der Waals surface area (Å²) in [6.45, 7) is 2.66. The minimum atomic E-state index is -0.271. The van der Waals surface area contributed by atoms with Crippen molar-refractivity contribution in [3.63, 3.8) is 0 Å². The number of ketones is 1. The smallest absolute Gasteiger partial charge is 0.250 e. The molecular weight excluding hydrogens is 500 g/mol. The monoisotopic (exact) mass is 530 g/mol. The van der Waals surface area contributed by atoms with Crippen LogP contribution in [0.2, 0.25) is 0 Å². The Morgan fingerprint density at radius 1 is 0.974 bits per heavy atom. The zero-order chi connectivity index (χ0) is 27.3. The van der Waals surface area contributed by atoms with Gasteiger partial charge in [0.15, 0.2) is 17.3 Å². The lowest BCUT2D eigenvalue weighted by atomic mass is 9.83. The van der Waals surface area contributed by atoms with Gasteiger partial charge in [-0.05, 0) is 42.7 Å². The maximum atomic E-state index is 13.3. The first-order valence-electron chi connectivity index (χ1n) is 12.9. The van der Waals surface area contributed by atoms with Crippen LogP contribution in [0.3, 0.4) is 0 Å². The number of rotatable bonds is 6. The molecule has 4 heterocycles. The average molecular weight is 531 g/mol. The van der Waals surface area contributed by atoms with Crippen LogP contribution in [-0.4, -0.2) is 54.8 Å². The number of phenolic OH excluding ortho intramolecular Hbond substituents is 1. The van der Waals surface area contributed by atoms with Crippen LogP contribution < -0.4 is 24.5 Å². The molecule has 2 aromatic carbocycles. The van der Waals surface area contributed by atoms with Crippen LogP contribution >= 0.6 is 0 Å². The molecule has 2 bridgehead atoms. The van der Waals surface area contributed by atoms with Crippen molar-refractivity contribution in [2.24, 2.45) is 5.92 Å². The quantitative estimate of drug-likeness (QED) is 0.481. The second-order valence-electron chi connectivity index (χ2n) is 10.2. The molecule has 1 fully saturated rings. The molecule has 6 rings (SSSR count). The van der Waals surface area contributed by atoms with Gasteiger partial charge in [0, 0.05) is 55.5 Å². The Labute approximate surface area is 225 Å². The number of carbonyl (C=O) groups is 1. The molecule has 9 nitrogen and oxygen atoms in total. The molecule has 2 atom stereocenters. The van der Waals surface area contributed by atoms with E-state index >= 15 is 0 Å². The normalized spacial score (nSPS) is 20.8. The van der Waals surface area contributed by atoms with E-state index in [-0.39, 0.29) is 28.8 Å². The highest BCUT2D eigenvalue weighted by Crippen LogP contribution is 2.43. The highest BCUT2D eigenvalue weighted by Gasteiger charge is 2.37. The van der Waals surface area contributed by atoms with Gasteiger partial charge in [-0.2, -0.15) is 0 Å². The van der Waals surface area contributed by atoms with Gasteiger partial charge < -0.3 is 28.6 Å². The largest absolute Gasteiger partial charge is 0.507 e. The van der Waals surface area contributed by atoms with E-state index in [1.165, 1.54) is 21.3 Å². The predicted molar refractivity (Wildman–Crippen MR) is 144 cm³/mol. The van der Waals surface area contributed by atoms with Crippen LogP contribution in [0.25, 0.3) is 6.08 Å². The summed E-state index contributed by atoms with van der Waals surface area (Å²) in [6, 6.07) is 12.0. The number of aromatic hydroxyl groups is 1. The molecular formula is C30H30N2O7. The fourth-order valence-electron chi connectivity index (χ4n) is 6.10. The van der Waals surface area contributed by atoms with Gasteiger partial charge in [-0.25, -0.2) is 0 Å². The number of hydrogen-bond acceptors (Lipinski definition) is 8. The predicted octanol–water partition coefficient (Wildman–Crippen LogP) is 3.82. The van der Waals surface area contributed by atoms with E-state index in [1.807, 2.05) is 16.7 Å². The van der Waals surface area contributed by atoms with Gasteiger partial charge >= 0.3 is 0 Å². The summed E-state index contributed by atoms with van der Waals surface area (Å²) in [5, 5.41) is 10.8. The maximum absolute atomic E-state index is 13.3. The van der Waals surface area contributed by atoms with Gasteiger partial charge in [-0.1, -0.05) is 6.07 Å². The Morgan fingerprint density at radius 3 is 2.51 bits per heavy atom. The Morgan fingerprint density at radius 2 is 1.74 bits per heavy atom. The van der Waals surface area contributed by atoms with Crippen molar-refractivity contribution in [1.29, 1.82) is 0 Å². The number of hydrogen-bond donors (Lipinski definition) is 1. The van der Waals surface area contributed by atoms with Gasteiger partial charge in [0.25, 0.3) is 5.56 Å². The van der Waals surface area contributed by atoms with E-state index in [4.69, 9.17) is 18.9 Å². The first-order chi connectivity index (χ1) is 18.9. The molecule has 3 aromatic rings. The molecule has 0 amide bonds. The van der Waals surface area contributed by atoms with Crippen LogP contribution in [0.4, 0.5) is 0 Å². The summed E-state index contributed by atoms with van der Waals surface area (Å²) in [5.41, 5.74) is 2.68. The summed E-state index contributed by atoms with van der Waals surface area (Å²) in [6.07, 6.45) is 2.65. The van der Waals surface area contributed by atoms with Gasteiger partial charge in [0.05, 0.1) is 32.5 Å². The number of Topliss-reactive ketones (excluding diaryl/α,β-unsaturated/α-hetero) is 1. The third-order valence-electron chi connectivity index (χ3n) is 7.88. The third kappa shape index (κ3) is 4.32. The third-order valence-corrected chi connectivity index (χ3v) is 7.88. The summed E-state index contributed by atoms with van der Waals surface area (Å²) in [5.74, 6) is 2.38. The summed E-state index contributed by atoms with van der Waals surface area (Å²) in [4.78, 5) is 28.0. The van der Waals surface area contributed by atoms with Crippen LogP contribution in [0, 0.1) is 5.92 Å². The van der Waals surface area contributed by atoms with E-state index in [0.29, 0.717) is 58.7 Å². The number of methoxy groups -OCH3 is 3. The molecule has 3 aliphatic heterocycles. The molecule has 9 heteroatoms. The lowest BCUT2D eigenvalue weighted by Crippen LogP contribution is -2.46. The van der Waals surface area contributed by atoms with Crippen LogP contribution in [0.5, 0.6) is 28.7 Å². The highest BCUT2D eigenvalue weighted by molar-refractivity contribution is 6.15. The second kappa shape index (κ2) is 9.81.